The summed E-state index contributed by atoms with van der Waals surface area (Å²) in [6, 6.07) is 7.00. The van der Waals surface area contributed by atoms with E-state index in [-0.39, 0.29) is 13.1 Å². The molecule has 0 radical (unpaired) electrons. The van der Waals surface area contributed by atoms with Gasteiger partial charge in [0.2, 0.25) is 0 Å². The van der Waals surface area contributed by atoms with Gasteiger partial charge < -0.3 is 5.11 Å². The molecule has 7 heteroatoms. The summed E-state index contributed by atoms with van der Waals surface area (Å²) in [6.07, 6.45) is -0.141. The number of nitrogens with one attached hydrogen (secondary N) is 1. The summed E-state index contributed by atoms with van der Waals surface area (Å²) in [4.78, 5) is 0. The zero-order valence-electron chi connectivity index (χ0n) is 11.0. The van der Waals surface area contributed by atoms with Crippen molar-refractivity contribution in [1.29, 1.82) is 0 Å². The number of aliphatic hydroxyl groups is 1. The minimum Gasteiger partial charge on any atom is -0.393 e. The topological polar surface area (TPSA) is 69.6 Å². The highest BCUT2D eigenvalue weighted by molar-refractivity contribution is 7.87. The molecule has 0 fully saturated rings. The number of hydrogen-bond donors (Lipinski definition) is 2. The highest BCUT2D eigenvalue weighted by atomic mass is 35.5. The van der Waals surface area contributed by atoms with Crippen LogP contribution in [0.3, 0.4) is 0 Å². The zero-order chi connectivity index (χ0) is 14.5. The lowest BCUT2D eigenvalue weighted by Gasteiger charge is -2.18. The number of rotatable bonds is 7. The molecule has 2 N–H and O–H groups in total. The van der Waals surface area contributed by atoms with Crippen LogP contribution < -0.4 is 4.72 Å². The summed E-state index contributed by atoms with van der Waals surface area (Å²) in [7, 11) is -2.03. The van der Waals surface area contributed by atoms with Gasteiger partial charge in [0.1, 0.15) is 0 Å². The van der Waals surface area contributed by atoms with Crippen molar-refractivity contribution in [3.8, 4) is 0 Å². The molecule has 0 aromatic heterocycles. The molecule has 1 rings (SSSR count). The van der Waals surface area contributed by atoms with Gasteiger partial charge in [0.15, 0.2) is 0 Å². The molecule has 108 valence electrons. The highest BCUT2D eigenvalue weighted by Crippen LogP contribution is 2.12. The smallest absolute Gasteiger partial charge is 0.279 e. The normalized spacial score (nSPS) is 13.7. The Morgan fingerprint density at radius 2 is 1.95 bits per heavy atom. The molecule has 0 aliphatic carbocycles. The van der Waals surface area contributed by atoms with Gasteiger partial charge >= 0.3 is 0 Å². The Hall–Kier alpha value is -0.660. The second kappa shape index (κ2) is 7.21. The second-order valence-corrected chi connectivity index (χ2v) is 6.72. The number of aliphatic hydroxyl groups excluding tert-OH is 1. The maximum atomic E-state index is 11.9. The van der Waals surface area contributed by atoms with Crippen LogP contribution in [-0.2, 0) is 16.8 Å². The lowest BCUT2D eigenvalue weighted by molar-refractivity contribution is 0.186. The Balaban J connectivity index is 2.55. The molecular weight excluding hydrogens is 288 g/mol. The minimum atomic E-state index is -3.53. The van der Waals surface area contributed by atoms with Gasteiger partial charge in [0.05, 0.1) is 6.10 Å². The molecule has 5 nitrogen and oxygen atoms in total. The van der Waals surface area contributed by atoms with Gasteiger partial charge in [-0.15, -0.1) is 0 Å². The molecule has 0 bridgehead atoms. The van der Waals surface area contributed by atoms with Crippen molar-refractivity contribution in [3.05, 3.63) is 34.9 Å². The average molecular weight is 307 g/mol. The third-order valence-electron chi connectivity index (χ3n) is 2.58. The Morgan fingerprint density at radius 3 is 2.47 bits per heavy atom. The Bertz CT molecular complexity index is 488. The first-order valence-corrected chi connectivity index (χ1v) is 7.76. The fourth-order valence-corrected chi connectivity index (χ4v) is 2.48. The van der Waals surface area contributed by atoms with E-state index in [0.717, 1.165) is 5.56 Å². The molecule has 19 heavy (non-hydrogen) atoms. The van der Waals surface area contributed by atoms with E-state index < -0.39 is 16.3 Å². The number of benzene rings is 1. The summed E-state index contributed by atoms with van der Waals surface area (Å²) < 4.78 is 27.4. The van der Waals surface area contributed by atoms with Crippen molar-refractivity contribution in [3.63, 3.8) is 0 Å². The van der Waals surface area contributed by atoms with Crippen molar-refractivity contribution in [2.45, 2.75) is 26.0 Å². The number of halogens is 1. The van der Waals surface area contributed by atoms with Crippen molar-refractivity contribution < 1.29 is 13.5 Å². The van der Waals surface area contributed by atoms with E-state index in [0.29, 0.717) is 11.4 Å². The van der Waals surface area contributed by atoms with Crippen LogP contribution in [0, 0.1) is 0 Å². The molecule has 0 saturated carbocycles. The number of nitrogens with zero attached hydrogens (tertiary/aromatic N) is 1. The minimum absolute atomic E-state index is 0.213. The van der Waals surface area contributed by atoms with Crippen LogP contribution in [0.5, 0.6) is 0 Å². The quantitative estimate of drug-likeness (QED) is 0.799. The Morgan fingerprint density at radius 1 is 1.37 bits per heavy atom. The molecule has 1 unspecified atom stereocenters. The van der Waals surface area contributed by atoms with Gasteiger partial charge in [-0.2, -0.15) is 12.7 Å². The third-order valence-corrected chi connectivity index (χ3v) is 4.35. The SMILES string of the molecule is CC(O)CCNS(=O)(=O)N(C)Cc1ccc(Cl)cc1. The summed E-state index contributed by atoms with van der Waals surface area (Å²) in [6.45, 7) is 2.10. The summed E-state index contributed by atoms with van der Waals surface area (Å²) in [5.41, 5.74) is 0.854. The predicted octanol–water partition coefficient (Wildman–Crippen LogP) is 1.38. The predicted molar refractivity (Wildman–Crippen MR) is 76.1 cm³/mol. The van der Waals surface area contributed by atoms with Crippen LogP contribution in [0.25, 0.3) is 0 Å². The monoisotopic (exact) mass is 306 g/mol. The van der Waals surface area contributed by atoms with Crippen LogP contribution in [0.2, 0.25) is 5.02 Å². The maximum absolute atomic E-state index is 11.9. The van der Waals surface area contributed by atoms with Crippen LogP contribution in [0.4, 0.5) is 0 Å². The van der Waals surface area contributed by atoms with E-state index in [1.165, 1.54) is 11.4 Å². The van der Waals surface area contributed by atoms with Crippen LogP contribution in [-0.4, -0.2) is 37.5 Å². The summed E-state index contributed by atoms with van der Waals surface area (Å²) >= 11 is 5.77. The lowest BCUT2D eigenvalue weighted by Crippen LogP contribution is -2.38. The molecule has 1 aromatic carbocycles. The first-order chi connectivity index (χ1) is 8.81. The molecule has 0 spiro atoms. The lowest BCUT2D eigenvalue weighted by atomic mass is 10.2. The van der Waals surface area contributed by atoms with Crippen molar-refractivity contribution in [2.24, 2.45) is 0 Å². The van der Waals surface area contributed by atoms with Gasteiger partial charge in [-0.1, -0.05) is 23.7 Å². The Kier molecular flexibility index (Phi) is 6.22. The van der Waals surface area contributed by atoms with Gasteiger partial charge in [-0.3, -0.25) is 0 Å². The van der Waals surface area contributed by atoms with Gasteiger partial charge in [-0.05, 0) is 31.0 Å². The second-order valence-electron chi connectivity index (χ2n) is 4.42. The van der Waals surface area contributed by atoms with Crippen molar-refractivity contribution in [1.82, 2.24) is 9.03 Å². The fraction of sp³-hybridized carbons (Fsp3) is 0.500. The van der Waals surface area contributed by atoms with Crippen LogP contribution >= 0.6 is 11.6 Å². The Labute approximate surface area is 119 Å². The van der Waals surface area contributed by atoms with E-state index in [9.17, 15) is 8.42 Å². The van der Waals surface area contributed by atoms with Crippen molar-refractivity contribution >= 4 is 21.8 Å². The van der Waals surface area contributed by atoms with E-state index in [2.05, 4.69) is 4.72 Å². The van der Waals surface area contributed by atoms with E-state index >= 15 is 0 Å². The molecule has 1 atom stereocenters. The van der Waals surface area contributed by atoms with Crippen LogP contribution in [0.15, 0.2) is 24.3 Å². The molecule has 0 heterocycles. The molecule has 0 aliphatic heterocycles. The molecular formula is C12H19ClN2O3S. The molecule has 0 saturated heterocycles. The van der Waals surface area contributed by atoms with E-state index in [4.69, 9.17) is 16.7 Å². The standard InChI is InChI=1S/C12H19ClN2O3S/c1-10(16)7-8-14-19(17,18)15(2)9-11-3-5-12(13)6-4-11/h3-6,10,14,16H,7-9H2,1-2H3. The van der Waals surface area contributed by atoms with Crippen LogP contribution in [0.1, 0.15) is 18.9 Å². The van der Waals surface area contributed by atoms with Crippen molar-refractivity contribution in [2.75, 3.05) is 13.6 Å². The molecule has 1 aromatic rings. The fourth-order valence-electron chi connectivity index (χ4n) is 1.44. The largest absolute Gasteiger partial charge is 0.393 e. The number of hydrogen-bond acceptors (Lipinski definition) is 3. The first-order valence-electron chi connectivity index (χ1n) is 5.94. The molecule has 0 amide bonds. The zero-order valence-corrected chi connectivity index (χ0v) is 12.6. The van der Waals surface area contributed by atoms with Gasteiger partial charge in [0.25, 0.3) is 10.2 Å². The maximum Gasteiger partial charge on any atom is 0.279 e. The third kappa shape index (κ3) is 5.88. The summed E-state index contributed by atoms with van der Waals surface area (Å²) in [5, 5.41) is 9.70. The van der Waals surface area contributed by atoms with E-state index in [1.54, 1.807) is 31.2 Å². The average Bonchev–Trinajstić information content (AvgIpc) is 2.31. The van der Waals surface area contributed by atoms with Gasteiger partial charge in [-0.25, -0.2) is 4.72 Å². The van der Waals surface area contributed by atoms with E-state index in [1.807, 2.05) is 0 Å². The highest BCUT2D eigenvalue weighted by Gasteiger charge is 2.17. The summed E-state index contributed by atoms with van der Waals surface area (Å²) in [5.74, 6) is 0. The first kappa shape index (κ1) is 16.4. The van der Waals surface area contributed by atoms with Gasteiger partial charge in [0, 0.05) is 25.2 Å². The molecule has 0 aliphatic rings.